The van der Waals surface area contributed by atoms with Gasteiger partial charge in [-0.3, -0.25) is 9.36 Å². The van der Waals surface area contributed by atoms with Crippen LogP contribution in [0.4, 0.5) is 4.79 Å². The lowest BCUT2D eigenvalue weighted by Gasteiger charge is -2.32. The molecule has 2 aromatic rings. The quantitative estimate of drug-likeness (QED) is 0.865. The molecule has 1 unspecified atom stereocenters. The smallest absolute Gasteiger partial charge is 0.312 e. The van der Waals surface area contributed by atoms with Crippen molar-refractivity contribution in [1.82, 2.24) is 24.8 Å². The van der Waals surface area contributed by atoms with Gasteiger partial charge in [-0.05, 0) is 30.9 Å². The Morgan fingerprint density at radius 1 is 1.38 bits per heavy atom. The monoisotopic (exact) mass is 328 g/mol. The van der Waals surface area contributed by atoms with Gasteiger partial charge in [0.1, 0.15) is 12.1 Å². The molecular formula is C16H20N6O2. The number of urea groups is 1. The summed E-state index contributed by atoms with van der Waals surface area (Å²) in [5, 5.41) is 2.62. The molecule has 8 heteroatoms. The molecule has 0 bridgehead atoms. The van der Waals surface area contributed by atoms with Crippen LogP contribution in [0.3, 0.4) is 0 Å². The highest BCUT2D eigenvalue weighted by atomic mass is 16.2. The number of hydrogen-bond donors (Lipinski definition) is 2. The fourth-order valence-electron chi connectivity index (χ4n) is 2.93. The number of likely N-dealkylation sites (tertiary alicyclic amines) is 1. The molecule has 1 fully saturated rings. The van der Waals surface area contributed by atoms with Gasteiger partial charge in [0.05, 0.1) is 0 Å². The first-order chi connectivity index (χ1) is 11.6. The van der Waals surface area contributed by atoms with E-state index in [0.717, 1.165) is 12.8 Å². The zero-order valence-corrected chi connectivity index (χ0v) is 13.3. The van der Waals surface area contributed by atoms with Crippen molar-refractivity contribution in [3.05, 3.63) is 42.6 Å². The van der Waals surface area contributed by atoms with E-state index in [1.165, 1.54) is 0 Å². The van der Waals surface area contributed by atoms with E-state index in [0.29, 0.717) is 31.0 Å². The largest absolute Gasteiger partial charge is 0.352 e. The molecule has 3 heterocycles. The van der Waals surface area contributed by atoms with Gasteiger partial charge in [-0.1, -0.05) is 0 Å². The van der Waals surface area contributed by atoms with E-state index >= 15 is 0 Å². The first kappa shape index (κ1) is 16.0. The van der Waals surface area contributed by atoms with Gasteiger partial charge in [0.15, 0.2) is 0 Å². The molecule has 0 aromatic carbocycles. The highest BCUT2D eigenvalue weighted by Gasteiger charge is 2.25. The third-order valence-corrected chi connectivity index (χ3v) is 4.13. The van der Waals surface area contributed by atoms with Crippen molar-refractivity contribution in [3.8, 4) is 5.82 Å². The van der Waals surface area contributed by atoms with Crippen LogP contribution in [0.25, 0.3) is 5.82 Å². The third-order valence-electron chi connectivity index (χ3n) is 4.13. The molecule has 1 saturated heterocycles. The van der Waals surface area contributed by atoms with Crippen molar-refractivity contribution in [3.63, 3.8) is 0 Å². The van der Waals surface area contributed by atoms with Gasteiger partial charge in [-0.25, -0.2) is 14.8 Å². The van der Waals surface area contributed by atoms with Crippen LogP contribution in [-0.2, 0) is 0 Å². The SMILES string of the molecule is NC(=O)NCC1CCCN(C(=O)c2ccnc(-n3ccnc3)c2)C1. The van der Waals surface area contributed by atoms with Crippen LogP contribution in [0.15, 0.2) is 37.1 Å². The normalized spacial score (nSPS) is 17.5. The summed E-state index contributed by atoms with van der Waals surface area (Å²) in [5.41, 5.74) is 5.71. The Labute approximate surface area is 139 Å². The number of nitrogens with zero attached hydrogens (tertiary/aromatic N) is 4. The second-order valence-corrected chi connectivity index (χ2v) is 5.88. The zero-order chi connectivity index (χ0) is 16.9. The van der Waals surface area contributed by atoms with Crippen molar-refractivity contribution >= 4 is 11.9 Å². The molecule has 0 spiro atoms. The maximum absolute atomic E-state index is 12.8. The second kappa shape index (κ2) is 7.12. The Morgan fingerprint density at radius 2 is 2.25 bits per heavy atom. The summed E-state index contributed by atoms with van der Waals surface area (Å²) in [6.45, 7) is 1.83. The molecule has 0 aliphatic carbocycles. The summed E-state index contributed by atoms with van der Waals surface area (Å²) >= 11 is 0. The van der Waals surface area contributed by atoms with Crippen molar-refractivity contribution in [2.75, 3.05) is 19.6 Å². The number of piperidine rings is 1. The molecule has 0 radical (unpaired) electrons. The van der Waals surface area contributed by atoms with E-state index < -0.39 is 6.03 Å². The van der Waals surface area contributed by atoms with Gasteiger partial charge in [-0.15, -0.1) is 0 Å². The molecule has 24 heavy (non-hydrogen) atoms. The van der Waals surface area contributed by atoms with E-state index in [1.807, 2.05) is 4.90 Å². The molecule has 3 rings (SSSR count). The molecule has 1 atom stereocenters. The minimum atomic E-state index is -0.530. The van der Waals surface area contributed by atoms with Crippen LogP contribution in [0.5, 0.6) is 0 Å². The summed E-state index contributed by atoms with van der Waals surface area (Å²) in [5.74, 6) is 0.856. The Hall–Kier alpha value is -2.90. The number of carbonyl (C=O) groups is 2. The van der Waals surface area contributed by atoms with E-state index in [2.05, 4.69) is 15.3 Å². The number of imidazole rings is 1. The van der Waals surface area contributed by atoms with E-state index in [9.17, 15) is 9.59 Å². The number of carbonyl (C=O) groups excluding carboxylic acids is 2. The Morgan fingerprint density at radius 3 is 3.00 bits per heavy atom. The van der Waals surface area contributed by atoms with Crippen molar-refractivity contribution in [1.29, 1.82) is 0 Å². The van der Waals surface area contributed by atoms with Crippen molar-refractivity contribution in [2.24, 2.45) is 11.7 Å². The lowest BCUT2D eigenvalue weighted by atomic mass is 9.97. The van der Waals surface area contributed by atoms with Gasteiger partial charge >= 0.3 is 6.03 Å². The number of aromatic nitrogens is 3. The molecule has 8 nitrogen and oxygen atoms in total. The van der Waals surface area contributed by atoms with Crippen molar-refractivity contribution in [2.45, 2.75) is 12.8 Å². The topological polar surface area (TPSA) is 106 Å². The maximum atomic E-state index is 12.8. The Bertz CT molecular complexity index is 715. The first-order valence-electron chi connectivity index (χ1n) is 7.90. The van der Waals surface area contributed by atoms with Crippen molar-refractivity contribution < 1.29 is 9.59 Å². The highest BCUT2D eigenvalue weighted by Crippen LogP contribution is 2.19. The molecule has 126 valence electrons. The number of pyridine rings is 1. The van der Waals surface area contributed by atoms with Gasteiger partial charge in [0, 0.05) is 43.8 Å². The summed E-state index contributed by atoms with van der Waals surface area (Å²) in [7, 11) is 0. The molecular weight excluding hydrogens is 308 g/mol. The summed E-state index contributed by atoms with van der Waals surface area (Å²) < 4.78 is 1.76. The van der Waals surface area contributed by atoms with Crippen LogP contribution < -0.4 is 11.1 Å². The fourth-order valence-corrected chi connectivity index (χ4v) is 2.93. The summed E-state index contributed by atoms with van der Waals surface area (Å²) in [6.07, 6.45) is 8.60. The van der Waals surface area contributed by atoms with Crippen LogP contribution >= 0.6 is 0 Å². The third kappa shape index (κ3) is 3.70. The maximum Gasteiger partial charge on any atom is 0.312 e. The summed E-state index contributed by atoms with van der Waals surface area (Å²) in [6, 6.07) is 2.95. The molecule has 3 amide bonds. The highest BCUT2D eigenvalue weighted by molar-refractivity contribution is 5.94. The van der Waals surface area contributed by atoms with Crippen LogP contribution in [0.1, 0.15) is 23.2 Å². The number of amides is 3. The molecule has 3 N–H and O–H groups in total. The predicted octanol–water partition coefficient (Wildman–Crippen LogP) is 0.788. The van der Waals surface area contributed by atoms with Crippen LogP contribution in [0, 0.1) is 5.92 Å². The van der Waals surface area contributed by atoms with Gasteiger partial charge in [-0.2, -0.15) is 0 Å². The number of primary amides is 1. The minimum absolute atomic E-state index is 0.0254. The fraction of sp³-hybridized carbons (Fsp3) is 0.375. The van der Waals surface area contributed by atoms with E-state index in [-0.39, 0.29) is 11.8 Å². The van der Waals surface area contributed by atoms with Gasteiger partial charge in [0.2, 0.25) is 0 Å². The minimum Gasteiger partial charge on any atom is -0.352 e. The number of nitrogens with two attached hydrogens (primary N) is 1. The predicted molar refractivity (Wildman–Crippen MR) is 87.6 cm³/mol. The zero-order valence-electron chi connectivity index (χ0n) is 13.3. The number of nitrogens with one attached hydrogen (secondary N) is 1. The van der Waals surface area contributed by atoms with Gasteiger partial charge < -0.3 is 16.0 Å². The molecule has 2 aromatic heterocycles. The second-order valence-electron chi connectivity index (χ2n) is 5.88. The first-order valence-corrected chi connectivity index (χ1v) is 7.90. The molecule has 0 saturated carbocycles. The summed E-state index contributed by atoms with van der Waals surface area (Å²) in [4.78, 5) is 33.7. The molecule has 1 aliphatic rings. The lowest BCUT2D eigenvalue weighted by Crippen LogP contribution is -2.44. The van der Waals surface area contributed by atoms with Crippen LogP contribution in [-0.4, -0.2) is 51.0 Å². The Kier molecular flexibility index (Phi) is 4.74. The Balaban J connectivity index is 1.69. The average molecular weight is 328 g/mol. The standard InChI is InChI=1S/C16H20N6O2/c17-16(24)20-9-12-2-1-6-21(10-12)15(23)13-3-4-19-14(8-13)22-7-5-18-11-22/h3-5,7-8,11-12H,1-2,6,9-10H2,(H3,17,20,24). The number of hydrogen-bond acceptors (Lipinski definition) is 4. The van der Waals surface area contributed by atoms with E-state index in [1.54, 1.807) is 41.6 Å². The van der Waals surface area contributed by atoms with Gasteiger partial charge in [0.25, 0.3) is 5.91 Å². The number of rotatable bonds is 4. The average Bonchev–Trinajstić information content (AvgIpc) is 3.14. The van der Waals surface area contributed by atoms with Crippen LogP contribution in [0.2, 0.25) is 0 Å². The lowest BCUT2D eigenvalue weighted by molar-refractivity contribution is 0.0675. The molecule has 1 aliphatic heterocycles. The van der Waals surface area contributed by atoms with E-state index in [4.69, 9.17) is 5.73 Å².